The van der Waals surface area contributed by atoms with Crippen LogP contribution in [0.1, 0.15) is 5.76 Å². The monoisotopic (exact) mass is 425 g/mol. The first kappa shape index (κ1) is 19.4. The normalized spacial score (nSPS) is 15.3. The Bertz CT molecular complexity index is 1060. The molecule has 0 saturated carbocycles. The molecule has 7 heteroatoms. The van der Waals surface area contributed by atoms with Crippen molar-refractivity contribution in [1.82, 2.24) is 4.90 Å². The molecule has 2 amide bonds. The van der Waals surface area contributed by atoms with Gasteiger partial charge in [0.05, 0.1) is 11.4 Å². The molecule has 29 heavy (non-hydrogen) atoms. The van der Waals surface area contributed by atoms with Crippen LogP contribution in [-0.4, -0.2) is 29.2 Å². The van der Waals surface area contributed by atoms with Gasteiger partial charge in [-0.05, 0) is 60.3 Å². The van der Waals surface area contributed by atoms with Gasteiger partial charge in [0, 0.05) is 16.7 Å². The van der Waals surface area contributed by atoms with Crippen molar-refractivity contribution < 1.29 is 18.7 Å². The summed E-state index contributed by atoms with van der Waals surface area (Å²) in [6.07, 6.45) is 1.59. The molecule has 1 aliphatic rings. The molecule has 146 valence electrons. The van der Waals surface area contributed by atoms with Crippen molar-refractivity contribution in [2.75, 3.05) is 13.2 Å². The lowest BCUT2D eigenvalue weighted by Gasteiger charge is -2.13. The van der Waals surface area contributed by atoms with Crippen molar-refractivity contribution in [2.45, 2.75) is 0 Å². The van der Waals surface area contributed by atoms with Crippen molar-refractivity contribution in [1.29, 1.82) is 0 Å². The predicted octanol–water partition coefficient (Wildman–Crippen LogP) is 5.72. The fourth-order valence-electron chi connectivity index (χ4n) is 2.79. The highest BCUT2D eigenvalue weighted by molar-refractivity contribution is 8.18. The minimum Gasteiger partial charge on any atom is -0.492 e. The lowest BCUT2D eigenvalue weighted by Crippen LogP contribution is -2.32. The molecule has 1 saturated heterocycles. The van der Waals surface area contributed by atoms with Crippen molar-refractivity contribution in [3.05, 3.63) is 82.4 Å². The molecule has 1 aromatic heterocycles. The molecule has 0 spiro atoms. The summed E-state index contributed by atoms with van der Waals surface area (Å²) in [5.41, 5.74) is 0.875. The van der Waals surface area contributed by atoms with Crippen LogP contribution >= 0.6 is 23.4 Å². The molecule has 0 radical (unpaired) electrons. The van der Waals surface area contributed by atoms with Crippen molar-refractivity contribution in [2.24, 2.45) is 0 Å². The van der Waals surface area contributed by atoms with E-state index in [0.717, 1.165) is 17.3 Å². The van der Waals surface area contributed by atoms with Crippen LogP contribution in [-0.2, 0) is 4.79 Å². The minimum absolute atomic E-state index is 0.186. The molecular weight excluding hydrogens is 410 g/mol. The first-order valence-corrected chi connectivity index (χ1v) is 10.1. The second kappa shape index (κ2) is 8.59. The Morgan fingerprint density at radius 3 is 2.52 bits per heavy atom. The molecule has 0 unspecified atom stereocenters. The van der Waals surface area contributed by atoms with E-state index in [4.69, 9.17) is 20.8 Å². The Kier molecular flexibility index (Phi) is 5.74. The van der Waals surface area contributed by atoms with Crippen LogP contribution in [0, 0.1) is 0 Å². The third-order valence-electron chi connectivity index (χ3n) is 4.23. The van der Waals surface area contributed by atoms with Crippen molar-refractivity contribution >= 4 is 40.6 Å². The zero-order valence-corrected chi connectivity index (χ0v) is 16.8. The van der Waals surface area contributed by atoms with E-state index >= 15 is 0 Å². The fraction of sp³-hybridized carbons (Fsp3) is 0.0909. The van der Waals surface area contributed by atoms with Crippen LogP contribution in [0.4, 0.5) is 4.79 Å². The summed E-state index contributed by atoms with van der Waals surface area (Å²) in [5, 5.41) is 0.327. The highest BCUT2D eigenvalue weighted by atomic mass is 35.5. The van der Waals surface area contributed by atoms with Crippen LogP contribution in [0.2, 0.25) is 5.02 Å². The molecule has 3 aromatic rings. The van der Waals surface area contributed by atoms with Gasteiger partial charge in [-0.25, -0.2) is 0 Å². The van der Waals surface area contributed by atoms with Gasteiger partial charge >= 0.3 is 0 Å². The molecule has 1 fully saturated rings. The average molecular weight is 426 g/mol. The molecule has 2 aromatic carbocycles. The second-order valence-corrected chi connectivity index (χ2v) is 7.63. The lowest BCUT2D eigenvalue weighted by atomic mass is 10.2. The number of thioether (sulfide) groups is 1. The molecule has 0 atom stereocenters. The number of nitrogens with zero attached hydrogens (tertiary/aromatic N) is 1. The van der Waals surface area contributed by atoms with Gasteiger partial charge in [0.2, 0.25) is 0 Å². The Balaban J connectivity index is 1.41. The van der Waals surface area contributed by atoms with Gasteiger partial charge in [-0.3, -0.25) is 14.5 Å². The zero-order chi connectivity index (χ0) is 20.2. The summed E-state index contributed by atoms with van der Waals surface area (Å²) in [6.45, 7) is 0.419. The molecule has 1 aliphatic heterocycles. The predicted molar refractivity (Wildman–Crippen MR) is 114 cm³/mol. The molecule has 0 aliphatic carbocycles. The van der Waals surface area contributed by atoms with E-state index in [1.807, 2.05) is 48.5 Å². The quantitative estimate of drug-likeness (QED) is 0.473. The lowest BCUT2D eigenvalue weighted by molar-refractivity contribution is -0.123. The maximum absolute atomic E-state index is 12.6. The van der Waals surface area contributed by atoms with Crippen LogP contribution in [0.15, 0.2) is 76.1 Å². The second-order valence-electron chi connectivity index (χ2n) is 6.20. The van der Waals surface area contributed by atoms with E-state index in [2.05, 4.69) is 0 Å². The van der Waals surface area contributed by atoms with Crippen LogP contribution in [0.25, 0.3) is 17.4 Å². The number of hydrogen-bond acceptors (Lipinski definition) is 5. The van der Waals surface area contributed by atoms with E-state index in [-0.39, 0.29) is 24.3 Å². The van der Waals surface area contributed by atoms with Gasteiger partial charge in [0.25, 0.3) is 11.1 Å². The highest BCUT2D eigenvalue weighted by Gasteiger charge is 2.35. The van der Waals surface area contributed by atoms with Gasteiger partial charge < -0.3 is 9.15 Å². The largest absolute Gasteiger partial charge is 0.492 e. The van der Waals surface area contributed by atoms with E-state index < -0.39 is 0 Å². The maximum atomic E-state index is 12.6. The van der Waals surface area contributed by atoms with Crippen molar-refractivity contribution in [3.8, 4) is 17.1 Å². The standard InChI is InChI=1S/C22H16ClNO4S/c23-16-8-6-15(7-9-16)19-11-10-18(28-19)14-20-21(25)24(22(26)29-20)12-13-27-17-4-2-1-3-5-17/h1-11,14H,12-13H2/b20-14-. The number of furan rings is 1. The number of carbonyl (C=O) groups is 2. The van der Waals surface area contributed by atoms with E-state index in [1.165, 1.54) is 4.90 Å². The summed E-state index contributed by atoms with van der Waals surface area (Å²) in [6, 6.07) is 20.1. The summed E-state index contributed by atoms with van der Waals surface area (Å²) in [7, 11) is 0. The number of benzene rings is 2. The number of ether oxygens (including phenoxy) is 1. The van der Waals surface area contributed by atoms with E-state index in [9.17, 15) is 9.59 Å². The van der Waals surface area contributed by atoms with Gasteiger partial charge in [-0.15, -0.1) is 0 Å². The number of hydrogen-bond donors (Lipinski definition) is 0. The number of para-hydroxylation sites is 1. The minimum atomic E-state index is -0.346. The molecule has 0 bridgehead atoms. The SMILES string of the molecule is O=C1S/C(=C\c2ccc(-c3ccc(Cl)cc3)o2)C(=O)N1CCOc1ccccc1. The molecule has 2 heterocycles. The highest BCUT2D eigenvalue weighted by Crippen LogP contribution is 2.33. The summed E-state index contributed by atoms with van der Waals surface area (Å²) in [5.74, 6) is 1.51. The zero-order valence-electron chi connectivity index (χ0n) is 15.2. The Labute approximate surface area is 176 Å². The maximum Gasteiger partial charge on any atom is 0.293 e. The Morgan fingerprint density at radius 2 is 1.76 bits per heavy atom. The fourth-order valence-corrected chi connectivity index (χ4v) is 3.76. The van der Waals surface area contributed by atoms with Crippen LogP contribution < -0.4 is 4.74 Å². The van der Waals surface area contributed by atoms with Gasteiger partial charge in [-0.1, -0.05) is 29.8 Å². The summed E-state index contributed by atoms with van der Waals surface area (Å²) in [4.78, 5) is 26.3. The third-order valence-corrected chi connectivity index (χ3v) is 5.39. The first-order valence-electron chi connectivity index (χ1n) is 8.89. The summed E-state index contributed by atoms with van der Waals surface area (Å²) >= 11 is 6.80. The van der Waals surface area contributed by atoms with Crippen LogP contribution in [0.5, 0.6) is 5.75 Å². The average Bonchev–Trinajstić information content (AvgIpc) is 3.29. The third kappa shape index (κ3) is 4.55. The smallest absolute Gasteiger partial charge is 0.293 e. The first-order chi connectivity index (χ1) is 14.1. The number of halogens is 1. The van der Waals surface area contributed by atoms with E-state index in [1.54, 1.807) is 24.3 Å². The number of rotatable bonds is 6. The number of carbonyl (C=O) groups excluding carboxylic acids is 2. The van der Waals surface area contributed by atoms with Gasteiger partial charge in [0.15, 0.2) is 0 Å². The van der Waals surface area contributed by atoms with Gasteiger partial charge in [0.1, 0.15) is 23.9 Å². The molecule has 4 rings (SSSR count). The number of imide groups is 1. The molecular formula is C22H16ClNO4S. The number of amides is 2. The Hall–Kier alpha value is -2.96. The Morgan fingerprint density at radius 1 is 1.00 bits per heavy atom. The van der Waals surface area contributed by atoms with E-state index in [0.29, 0.717) is 27.2 Å². The van der Waals surface area contributed by atoms with Gasteiger partial charge in [-0.2, -0.15) is 0 Å². The topological polar surface area (TPSA) is 59.8 Å². The van der Waals surface area contributed by atoms with Crippen LogP contribution in [0.3, 0.4) is 0 Å². The molecule has 5 nitrogen and oxygen atoms in total. The summed E-state index contributed by atoms with van der Waals surface area (Å²) < 4.78 is 11.4. The molecule has 0 N–H and O–H groups in total. The van der Waals surface area contributed by atoms with Crippen molar-refractivity contribution in [3.63, 3.8) is 0 Å².